The smallest absolute Gasteiger partial charge is 0.348 e. The second-order valence-electron chi connectivity index (χ2n) is 3.26. The molecule has 0 saturated heterocycles. The predicted octanol–water partition coefficient (Wildman–Crippen LogP) is 2.07. The number of hydrogen-bond donors (Lipinski definition) is 1. The van der Waals surface area contributed by atoms with E-state index >= 15 is 0 Å². The van der Waals surface area contributed by atoms with Crippen molar-refractivity contribution in [3.63, 3.8) is 0 Å². The third-order valence-electron chi connectivity index (χ3n) is 1.85. The first-order chi connectivity index (χ1) is 8.13. The first-order valence-electron chi connectivity index (χ1n) is 5.31. The lowest BCUT2D eigenvalue weighted by atomic mass is 10.4. The van der Waals surface area contributed by atoms with E-state index < -0.39 is 0 Å². The lowest BCUT2D eigenvalue weighted by Gasteiger charge is -1.96. The fraction of sp³-hybridized carbons (Fsp3) is 0.333. The Balaban J connectivity index is 2.50. The normalized spacial score (nSPS) is 10.5. The lowest BCUT2D eigenvalue weighted by Crippen LogP contribution is -2.19. The van der Waals surface area contributed by atoms with Gasteiger partial charge in [-0.15, -0.1) is 11.3 Å². The summed E-state index contributed by atoms with van der Waals surface area (Å²) in [6, 6.07) is 3.59. The first kappa shape index (κ1) is 13.4. The van der Waals surface area contributed by atoms with Crippen LogP contribution in [0.15, 0.2) is 18.2 Å². The highest BCUT2D eigenvalue weighted by atomic mass is 32.1. The molecule has 5 heteroatoms. The third kappa shape index (κ3) is 4.82. The van der Waals surface area contributed by atoms with Crippen LogP contribution in [0.4, 0.5) is 0 Å². The van der Waals surface area contributed by atoms with Gasteiger partial charge in [0.15, 0.2) is 0 Å². The van der Waals surface area contributed by atoms with Gasteiger partial charge in [-0.25, -0.2) is 4.79 Å². The van der Waals surface area contributed by atoms with Crippen molar-refractivity contribution in [2.24, 2.45) is 0 Å². The van der Waals surface area contributed by atoms with Gasteiger partial charge in [0.25, 0.3) is 0 Å². The Morgan fingerprint density at radius 1 is 1.47 bits per heavy atom. The zero-order valence-electron chi connectivity index (χ0n) is 9.86. The van der Waals surface area contributed by atoms with Crippen LogP contribution in [0.3, 0.4) is 0 Å². The van der Waals surface area contributed by atoms with Crippen LogP contribution in [0.1, 0.15) is 28.4 Å². The van der Waals surface area contributed by atoms with Crippen LogP contribution in [0.25, 0.3) is 6.08 Å². The predicted molar refractivity (Wildman–Crippen MR) is 68.0 cm³/mol. The van der Waals surface area contributed by atoms with Gasteiger partial charge < -0.3 is 10.1 Å². The number of ether oxygens (including phenoxy) is 1. The molecule has 0 bridgehead atoms. The van der Waals surface area contributed by atoms with E-state index in [4.69, 9.17) is 4.74 Å². The molecule has 0 radical (unpaired) electrons. The van der Waals surface area contributed by atoms with Crippen molar-refractivity contribution in [1.29, 1.82) is 0 Å². The van der Waals surface area contributed by atoms with Gasteiger partial charge in [0.1, 0.15) is 4.88 Å². The molecule has 1 aromatic rings. The summed E-state index contributed by atoms with van der Waals surface area (Å²) in [4.78, 5) is 23.5. The average Bonchev–Trinajstić information content (AvgIpc) is 2.73. The van der Waals surface area contributed by atoms with Crippen LogP contribution >= 0.6 is 11.3 Å². The van der Waals surface area contributed by atoms with Gasteiger partial charge in [0, 0.05) is 18.3 Å². The number of carbonyl (C=O) groups is 2. The minimum atomic E-state index is -0.293. The number of amides is 1. The molecule has 1 aromatic heterocycles. The van der Waals surface area contributed by atoms with Crippen LogP contribution in [-0.4, -0.2) is 25.0 Å². The van der Waals surface area contributed by atoms with Crippen LogP contribution in [0.5, 0.6) is 0 Å². The summed E-state index contributed by atoms with van der Waals surface area (Å²) in [7, 11) is 0. The molecule has 0 aliphatic heterocycles. The number of thiophene rings is 1. The Bertz CT molecular complexity index is 423. The zero-order chi connectivity index (χ0) is 12.7. The Morgan fingerprint density at radius 3 is 2.88 bits per heavy atom. The molecule has 1 amide bonds. The lowest BCUT2D eigenvalue weighted by molar-refractivity contribution is -0.118. The molecule has 1 N–H and O–H groups in total. The van der Waals surface area contributed by atoms with Crippen molar-refractivity contribution < 1.29 is 14.3 Å². The maximum Gasteiger partial charge on any atom is 0.348 e. The van der Waals surface area contributed by atoms with Crippen LogP contribution in [0, 0.1) is 0 Å². The van der Waals surface area contributed by atoms with Crippen molar-refractivity contribution >= 4 is 29.3 Å². The fourth-order valence-electron chi connectivity index (χ4n) is 1.13. The van der Waals surface area contributed by atoms with E-state index in [2.05, 4.69) is 5.32 Å². The zero-order valence-corrected chi connectivity index (χ0v) is 10.7. The molecule has 0 unspecified atom stereocenters. The van der Waals surface area contributed by atoms with Crippen LogP contribution < -0.4 is 5.32 Å². The molecular weight excluding hydrogens is 238 g/mol. The van der Waals surface area contributed by atoms with E-state index in [9.17, 15) is 9.59 Å². The standard InChI is InChI=1S/C12H15NO3S/c1-3-16-12(15)11-7-6-10(17-11)5-4-8-13-9(2)14/h4-7H,3,8H2,1-2H3,(H,13,14). The Kier molecular flexibility index (Phi) is 5.42. The molecule has 1 heterocycles. The van der Waals surface area contributed by atoms with Crippen molar-refractivity contribution in [2.75, 3.05) is 13.2 Å². The highest BCUT2D eigenvalue weighted by molar-refractivity contribution is 7.14. The van der Waals surface area contributed by atoms with E-state index in [0.717, 1.165) is 4.88 Å². The molecule has 0 atom stereocenters. The SMILES string of the molecule is CCOC(=O)c1ccc(C=CCNC(C)=O)s1. The van der Waals surface area contributed by atoms with E-state index in [-0.39, 0.29) is 11.9 Å². The van der Waals surface area contributed by atoms with Gasteiger partial charge in [0.2, 0.25) is 5.91 Å². The van der Waals surface area contributed by atoms with Crippen LogP contribution in [-0.2, 0) is 9.53 Å². The summed E-state index contributed by atoms with van der Waals surface area (Å²) in [6.07, 6.45) is 3.70. The second-order valence-corrected chi connectivity index (χ2v) is 4.38. The second kappa shape index (κ2) is 6.85. The summed E-state index contributed by atoms with van der Waals surface area (Å²) >= 11 is 1.37. The molecule has 0 fully saturated rings. The Morgan fingerprint density at radius 2 is 2.24 bits per heavy atom. The maximum atomic E-state index is 11.4. The number of rotatable bonds is 5. The molecule has 0 saturated carbocycles. The van der Waals surface area contributed by atoms with Crippen LogP contribution in [0.2, 0.25) is 0 Å². The Hall–Kier alpha value is -1.62. The number of nitrogens with one attached hydrogen (secondary N) is 1. The van der Waals surface area contributed by atoms with E-state index in [1.807, 2.05) is 18.2 Å². The van der Waals surface area contributed by atoms with Gasteiger partial charge in [-0.05, 0) is 25.1 Å². The maximum absolute atomic E-state index is 11.4. The largest absolute Gasteiger partial charge is 0.462 e. The molecule has 4 nitrogen and oxygen atoms in total. The third-order valence-corrected chi connectivity index (χ3v) is 2.88. The molecule has 0 spiro atoms. The van der Waals surface area contributed by atoms with Crippen molar-refractivity contribution in [1.82, 2.24) is 5.32 Å². The van der Waals surface area contributed by atoms with Gasteiger partial charge in [-0.3, -0.25) is 4.79 Å². The van der Waals surface area contributed by atoms with Gasteiger partial charge >= 0.3 is 5.97 Å². The summed E-state index contributed by atoms with van der Waals surface area (Å²) in [5, 5.41) is 2.65. The van der Waals surface area contributed by atoms with Gasteiger partial charge in [0.05, 0.1) is 6.61 Å². The van der Waals surface area contributed by atoms with Crippen molar-refractivity contribution in [3.8, 4) is 0 Å². The van der Waals surface area contributed by atoms with Crippen molar-refractivity contribution in [3.05, 3.63) is 28.0 Å². The Labute approximate surface area is 104 Å². The minimum Gasteiger partial charge on any atom is -0.462 e. The molecular formula is C12H15NO3S. The number of esters is 1. The topological polar surface area (TPSA) is 55.4 Å². The fourth-order valence-corrected chi connectivity index (χ4v) is 1.96. The molecule has 0 aliphatic carbocycles. The molecule has 1 rings (SSSR count). The number of carbonyl (C=O) groups excluding carboxylic acids is 2. The molecule has 17 heavy (non-hydrogen) atoms. The highest BCUT2D eigenvalue weighted by Gasteiger charge is 2.08. The molecule has 0 aromatic carbocycles. The molecule has 92 valence electrons. The van der Waals surface area contributed by atoms with E-state index in [0.29, 0.717) is 18.0 Å². The average molecular weight is 253 g/mol. The quantitative estimate of drug-likeness (QED) is 0.817. The molecule has 0 aliphatic rings. The van der Waals surface area contributed by atoms with Gasteiger partial charge in [-0.2, -0.15) is 0 Å². The number of hydrogen-bond acceptors (Lipinski definition) is 4. The monoisotopic (exact) mass is 253 g/mol. The summed E-state index contributed by atoms with van der Waals surface area (Å²) in [5.74, 6) is -0.355. The van der Waals surface area contributed by atoms with Crippen molar-refractivity contribution in [2.45, 2.75) is 13.8 Å². The summed E-state index contributed by atoms with van der Waals surface area (Å²) in [5.41, 5.74) is 0. The van der Waals surface area contributed by atoms with E-state index in [1.54, 1.807) is 13.0 Å². The summed E-state index contributed by atoms with van der Waals surface area (Å²) < 4.78 is 4.89. The highest BCUT2D eigenvalue weighted by Crippen LogP contribution is 2.18. The van der Waals surface area contributed by atoms with Gasteiger partial charge in [-0.1, -0.05) is 6.08 Å². The minimum absolute atomic E-state index is 0.0620. The summed E-state index contributed by atoms with van der Waals surface area (Å²) in [6.45, 7) is 4.12. The first-order valence-corrected chi connectivity index (χ1v) is 6.13. The van der Waals surface area contributed by atoms with E-state index in [1.165, 1.54) is 18.3 Å².